The van der Waals surface area contributed by atoms with Gasteiger partial charge < -0.3 is 0 Å². The minimum atomic E-state index is 0.343. The van der Waals surface area contributed by atoms with Crippen LogP contribution >= 0.6 is 0 Å². The molecule has 2 atom stereocenters. The molecular weight excluding hydrogens is 360 g/mol. The van der Waals surface area contributed by atoms with Crippen LogP contribution in [0.3, 0.4) is 0 Å². The summed E-state index contributed by atoms with van der Waals surface area (Å²) in [4.78, 5) is 0. The van der Waals surface area contributed by atoms with Crippen molar-refractivity contribution in [1.29, 1.82) is 0 Å². The van der Waals surface area contributed by atoms with Crippen molar-refractivity contribution in [2.45, 2.75) is 52.4 Å². The average Bonchev–Trinajstić information content (AvgIpc) is 3.25. The monoisotopic (exact) mass is 390 g/mol. The van der Waals surface area contributed by atoms with Gasteiger partial charge in [-0.1, -0.05) is 97.8 Å². The summed E-state index contributed by atoms with van der Waals surface area (Å²) >= 11 is 0. The second kappa shape index (κ2) is 7.43. The van der Waals surface area contributed by atoms with Crippen LogP contribution in [-0.4, -0.2) is 0 Å². The fourth-order valence-electron chi connectivity index (χ4n) is 5.93. The zero-order chi connectivity index (χ0) is 20.8. The maximum atomic E-state index is 2.41. The Balaban J connectivity index is 1.82. The van der Waals surface area contributed by atoms with Gasteiger partial charge in [-0.15, -0.1) is 0 Å². The molecule has 3 aromatic carbocycles. The summed E-state index contributed by atoms with van der Waals surface area (Å²) in [5.41, 5.74) is 14.7. The number of allylic oxidation sites excluding steroid dienone is 3. The third kappa shape index (κ3) is 2.74. The summed E-state index contributed by atoms with van der Waals surface area (Å²) in [5, 5.41) is 0. The Morgan fingerprint density at radius 3 is 2.23 bits per heavy atom. The summed E-state index contributed by atoms with van der Waals surface area (Å²) in [6.45, 7) is 9.27. The summed E-state index contributed by atoms with van der Waals surface area (Å²) in [7, 11) is 0. The summed E-state index contributed by atoms with van der Waals surface area (Å²) in [6, 6.07) is 24.9. The van der Waals surface area contributed by atoms with Crippen LogP contribution < -0.4 is 0 Å². The third-order valence-corrected chi connectivity index (χ3v) is 7.23. The molecule has 0 N–H and O–H groups in total. The molecule has 0 aliphatic heterocycles. The molecule has 0 saturated carbocycles. The van der Waals surface area contributed by atoms with Gasteiger partial charge in [-0.05, 0) is 71.2 Å². The molecule has 0 bridgehead atoms. The molecule has 2 unspecified atom stereocenters. The maximum Gasteiger partial charge on any atom is 0.0314 e. The Labute approximate surface area is 181 Å². The van der Waals surface area contributed by atoms with E-state index >= 15 is 0 Å². The topological polar surface area (TPSA) is 0 Å². The maximum absolute atomic E-state index is 2.41. The lowest BCUT2D eigenvalue weighted by Crippen LogP contribution is -2.07. The first-order chi connectivity index (χ1) is 14.7. The Hall–Kier alpha value is -2.86. The minimum absolute atomic E-state index is 0.343. The predicted octanol–water partition coefficient (Wildman–Crippen LogP) is 8.59. The zero-order valence-corrected chi connectivity index (χ0v) is 18.5. The lowest BCUT2D eigenvalue weighted by atomic mass is 9.78. The average molecular weight is 391 g/mol. The zero-order valence-electron chi connectivity index (χ0n) is 18.5. The predicted molar refractivity (Wildman–Crippen MR) is 130 cm³/mol. The van der Waals surface area contributed by atoms with E-state index in [1.807, 2.05) is 0 Å². The molecule has 3 aromatic rings. The van der Waals surface area contributed by atoms with Gasteiger partial charge in [-0.25, -0.2) is 0 Å². The number of hydrogen-bond donors (Lipinski definition) is 0. The molecule has 2 aliphatic rings. The Bertz CT molecular complexity index is 1170. The van der Waals surface area contributed by atoms with E-state index in [-0.39, 0.29) is 0 Å². The van der Waals surface area contributed by atoms with E-state index in [1.165, 1.54) is 55.7 Å². The Morgan fingerprint density at radius 1 is 0.767 bits per heavy atom. The number of benzene rings is 3. The molecule has 30 heavy (non-hydrogen) atoms. The van der Waals surface area contributed by atoms with E-state index in [9.17, 15) is 0 Å². The molecule has 0 nitrogen and oxygen atoms in total. The highest BCUT2D eigenvalue weighted by Crippen LogP contribution is 2.52. The lowest BCUT2D eigenvalue weighted by Gasteiger charge is -2.25. The van der Waals surface area contributed by atoms with E-state index < -0.39 is 0 Å². The second-order valence-corrected chi connectivity index (χ2v) is 8.78. The second-order valence-electron chi connectivity index (χ2n) is 8.78. The normalized spacial score (nSPS) is 19.7. The molecular formula is C30H30. The Morgan fingerprint density at radius 2 is 1.50 bits per heavy atom. The Kier molecular flexibility index (Phi) is 4.74. The van der Waals surface area contributed by atoms with E-state index in [0.717, 1.165) is 12.8 Å². The first-order valence-electron chi connectivity index (χ1n) is 11.3. The molecule has 2 aliphatic carbocycles. The molecule has 0 saturated heterocycles. The van der Waals surface area contributed by atoms with Crippen LogP contribution in [0.2, 0.25) is 0 Å². The van der Waals surface area contributed by atoms with E-state index in [1.54, 1.807) is 0 Å². The standard InChI is InChI=1S/C30H30/c1-5-23-19(3)18-22-16-17-27(29(30(22)23)21-12-8-7-9-13-21)28-20(4)24(6-2)25-14-10-11-15-26(25)28/h7-18,23,28H,5-6H2,1-4H3. The van der Waals surface area contributed by atoms with Crippen LogP contribution in [0.5, 0.6) is 0 Å². The number of fused-ring (bicyclic) bond motifs is 2. The summed E-state index contributed by atoms with van der Waals surface area (Å²) < 4.78 is 0. The van der Waals surface area contributed by atoms with Crippen molar-refractivity contribution in [3.63, 3.8) is 0 Å². The molecule has 5 rings (SSSR count). The van der Waals surface area contributed by atoms with Gasteiger partial charge in [0.2, 0.25) is 0 Å². The van der Waals surface area contributed by atoms with E-state index in [4.69, 9.17) is 0 Å². The lowest BCUT2D eigenvalue weighted by molar-refractivity contribution is 0.775. The molecule has 0 heteroatoms. The van der Waals surface area contributed by atoms with Crippen molar-refractivity contribution in [1.82, 2.24) is 0 Å². The summed E-state index contributed by atoms with van der Waals surface area (Å²) in [5.74, 6) is 0.858. The molecule has 0 heterocycles. The van der Waals surface area contributed by atoms with Crippen LogP contribution in [0.25, 0.3) is 22.8 Å². The van der Waals surface area contributed by atoms with Gasteiger partial charge in [0.05, 0.1) is 0 Å². The SMILES string of the molecule is CCC1=C(C)C(c2ccc3c(c2-c2ccccc2)C(CC)C(C)=C3)c2ccccc21. The van der Waals surface area contributed by atoms with E-state index in [0.29, 0.717) is 11.8 Å². The van der Waals surface area contributed by atoms with Crippen LogP contribution in [0, 0.1) is 0 Å². The highest BCUT2D eigenvalue weighted by molar-refractivity contribution is 5.86. The highest BCUT2D eigenvalue weighted by atomic mass is 14.4. The fourth-order valence-corrected chi connectivity index (χ4v) is 5.93. The molecule has 0 amide bonds. The smallest absolute Gasteiger partial charge is 0.0314 e. The molecule has 0 aromatic heterocycles. The van der Waals surface area contributed by atoms with Gasteiger partial charge in [-0.2, -0.15) is 0 Å². The van der Waals surface area contributed by atoms with Crippen molar-refractivity contribution in [2.24, 2.45) is 0 Å². The van der Waals surface area contributed by atoms with Gasteiger partial charge in [0.1, 0.15) is 0 Å². The van der Waals surface area contributed by atoms with Crippen molar-refractivity contribution < 1.29 is 0 Å². The van der Waals surface area contributed by atoms with Gasteiger partial charge in [0.15, 0.2) is 0 Å². The summed E-state index contributed by atoms with van der Waals surface area (Å²) in [6.07, 6.45) is 4.64. The van der Waals surface area contributed by atoms with Crippen LogP contribution in [0.15, 0.2) is 77.9 Å². The third-order valence-electron chi connectivity index (χ3n) is 7.23. The largest absolute Gasteiger partial charge is 0.0652 e. The van der Waals surface area contributed by atoms with Crippen molar-refractivity contribution in [3.05, 3.63) is 106 Å². The number of rotatable bonds is 4. The molecule has 0 spiro atoms. The quantitative estimate of drug-likeness (QED) is 0.418. The van der Waals surface area contributed by atoms with Crippen LogP contribution in [0.4, 0.5) is 0 Å². The van der Waals surface area contributed by atoms with Crippen LogP contribution in [0.1, 0.15) is 80.2 Å². The van der Waals surface area contributed by atoms with Gasteiger partial charge in [-0.3, -0.25) is 0 Å². The van der Waals surface area contributed by atoms with Gasteiger partial charge in [0.25, 0.3) is 0 Å². The first kappa shape index (κ1) is 19.1. The minimum Gasteiger partial charge on any atom is -0.0652 e. The molecule has 150 valence electrons. The van der Waals surface area contributed by atoms with Gasteiger partial charge >= 0.3 is 0 Å². The number of hydrogen-bond acceptors (Lipinski definition) is 0. The van der Waals surface area contributed by atoms with Crippen LogP contribution in [-0.2, 0) is 0 Å². The van der Waals surface area contributed by atoms with Crippen molar-refractivity contribution >= 4 is 11.6 Å². The highest BCUT2D eigenvalue weighted by Gasteiger charge is 2.34. The van der Waals surface area contributed by atoms with E-state index in [2.05, 4.69) is 101 Å². The van der Waals surface area contributed by atoms with Gasteiger partial charge in [0, 0.05) is 11.8 Å². The van der Waals surface area contributed by atoms with Crippen molar-refractivity contribution in [2.75, 3.05) is 0 Å². The first-order valence-corrected chi connectivity index (χ1v) is 11.3. The fraction of sp³-hybridized carbons (Fsp3) is 0.267. The molecule has 0 radical (unpaired) electrons. The van der Waals surface area contributed by atoms with Crippen molar-refractivity contribution in [3.8, 4) is 11.1 Å². The molecule has 0 fully saturated rings.